The maximum atomic E-state index is 12.1. The van der Waals surface area contributed by atoms with Crippen molar-refractivity contribution in [3.63, 3.8) is 0 Å². The zero-order valence-corrected chi connectivity index (χ0v) is 12.8. The van der Waals surface area contributed by atoms with Crippen LogP contribution in [0, 0.1) is 5.92 Å². The van der Waals surface area contributed by atoms with E-state index in [-0.39, 0.29) is 18.1 Å². The molecule has 1 aliphatic heterocycles. The monoisotopic (exact) mass is 283 g/mol. The molecule has 0 bridgehead atoms. The highest BCUT2D eigenvalue weighted by molar-refractivity contribution is 5.74. The molecule has 0 spiro atoms. The Kier molecular flexibility index (Phi) is 5.66. The summed E-state index contributed by atoms with van der Waals surface area (Å²) in [5.41, 5.74) is 0. The highest BCUT2D eigenvalue weighted by atomic mass is 16.3. The van der Waals surface area contributed by atoms with Crippen molar-refractivity contribution in [2.24, 2.45) is 5.92 Å². The number of piperidine rings is 1. The molecule has 1 saturated heterocycles. The summed E-state index contributed by atoms with van der Waals surface area (Å²) in [5.74, 6) is 0.230. The van der Waals surface area contributed by atoms with Crippen molar-refractivity contribution in [1.29, 1.82) is 0 Å². The summed E-state index contributed by atoms with van der Waals surface area (Å²) in [5, 5.41) is 12.7. The summed E-state index contributed by atoms with van der Waals surface area (Å²) in [6.45, 7) is 8.23. The van der Waals surface area contributed by atoms with E-state index in [2.05, 4.69) is 17.1 Å². The standard InChI is InChI=1S/C15H29N3O2/c1-3-17(14-6-7-14)10-8-16-15(20)18-9-4-5-13(11-18)12(2)19/h12-14,19H,3-11H2,1-2H3,(H,16,20). The molecule has 1 aliphatic carbocycles. The van der Waals surface area contributed by atoms with Gasteiger partial charge >= 0.3 is 6.03 Å². The van der Waals surface area contributed by atoms with Crippen LogP contribution in [0.2, 0.25) is 0 Å². The first-order chi connectivity index (χ1) is 9.61. The van der Waals surface area contributed by atoms with E-state index in [1.807, 2.05) is 11.8 Å². The van der Waals surface area contributed by atoms with E-state index in [0.29, 0.717) is 6.54 Å². The molecule has 5 heteroatoms. The zero-order chi connectivity index (χ0) is 14.5. The van der Waals surface area contributed by atoms with Crippen LogP contribution < -0.4 is 5.32 Å². The van der Waals surface area contributed by atoms with Crippen LogP contribution >= 0.6 is 0 Å². The molecule has 2 N–H and O–H groups in total. The fourth-order valence-corrected chi connectivity index (χ4v) is 3.05. The summed E-state index contributed by atoms with van der Waals surface area (Å²) < 4.78 is 0. The first-order valence-electron chi connectivity index (χ1n) is 8.06. The van der Waals surface area contributed by atoms with E-state index in [1.54, 1.807) is 0 Å². The average molecular weight is 283 g/mol. The van der Waals surface area contributed by atoms with Crippen molar-refractivity contribution in [3.05, 3.63) is 0 Å². The van der Waals surface area contributed by atoms with Crippen LogP contribution in [0.5, 0.6) is 0 Å². The number of nitrogens with zero attached hydrogens (tertiary/aromatic N) is 2. The number of aliphatic hydroxyl groups excluding tert-OH is 1. The predicted octanol–water partition coefficient (Wildman–Crippen LogP) is 1.27. The summed E-state index contributed by atoms with van der Waals surface area (Å²) >= 11 is 0. The Morgan fingerprint density at radius 2 is 2.20 bits per heavy atom. The number of nitrogens with one attached hydrogen (secondary N) is 1. The number of carbonyl (C=O) groups is 1. The van der Waals surface area contributed by atoms with Gasteiger partial charge < -0.3 is 15.3 Å². The van der Waals surface area contributed by atoms with Crippen molar-refractivity contribution < 1.29 is 9.90 Å². The van der Waals surface area contributed by atoms with Crippen molar-refractivity contribution in [2.45, 2.75) is 51.7 Å². The molecule has 5 nitrogen and oxygen atoms in total. The molecule has 1 heterocycles. The Labute approximate surface area is 122 Å². The third kappa shape index (κ3) is 4.35. The second-order valence-electron chi connectivity index (χ2n) is 6.18. The summed E-state index contributed by atoms with van der Waals surface area (Å²) in [6, 6.07) is 0.786. The normalized spacial score (nSPS) is 24.8. The Balaban J connectivity index is 1.68. The lowest BCUT2D eigenvalue weighted by Gasteiger charge is -2.34. The molecular weight excluding hydrogens is 254 g/mol. The molecule has 2 atom stereocenters. The van der Waals surface area contributed by atoms with Gasteiger partial charge in [0.15, 0.2) is 0 Å². The zero-order valence-electron chi connectivity index (χ0n) is 12.8. The molecule has 0 aromatic rings. The molecule has 2 fully saturated rings. The second-order valence-corrected chi connectivity index (χ2v) is 6.18. The predicted molar refractivity (Wildman–Crippen MR) is 79.6 cm³/mol. The van der Waals surface area contributed by atoms with Gasteiger partial charge in [0.25, 0.3) is 0 Å². The van der Waals surface area contributed by atoms with Crippen LogP contribution in [0.4, 0.5) is 4.79 Å². The van der Waals surface area contributed by atoms with Crippen molar-refractivity contribution in [2.75, 3.05) is 32.7 Å². The van der Waals surface area contributed by atoms with Gasteiger partial charge in [0.05, 0.1) is 6.10 Å². The highest BCUT2D eigenvalue weighted by Crippen LogP contribution is 2.25. The van der Waals surface area contributed by atoms with Crippen LogP contribution in [0.25, 0.3) is 0 Å². The molecule has 2 aliphatic rings. The minimum atomic E-state index is -0.323. The van der Waals surface area contributed by atoms with Crippen molar-refractivity contribution in [1.82, 2.24) is 15.1 Å². The smallest absolute Gasteiger partial charge is 0.317 e. The van der Waals surface area contributed by atoms with E-state index in [4.69, 9.17) is 0 Å². The number of likely N-dealkylation sites (tertiary alicyclic amines) is 1. The third-order valence-corrected chi connectivity index (χ3v) is 4.57. The second kappa shape index (κ2) is 7.27. The molecule has 2 rings (SSSR count). The minimum Gasteiger partial charge on any atom is -0.393 e. The van der Waals surface area contributed by atoms with Crippen LogP contribution in [-0.2, 0) is 0 Å². The Morgan fingerprint density at radius 3 is 2.80 bits per heavy atom. The molecule has 2 unspecified atom stereocenters. The lowest BCUT2D eigenvalue weighted by atomic mass is 9.94. The van der Waals surface area contributed by atoms with Gasteiger partial charge in [-0.3, -0.25) is 4.90 Å². The van der Waals surface area contributed by atoms with Crippen molar-refractivity contribution >= 4 is 6.03 Å². The number of amides is 2. The Hall–Kier alpha value is -0.810. The minimum absolute atomic E-state index is 0.0298. The summed E-state index contributed by atoms with van der Waals surface area (Å²) in [4.78, 5) is 16.4. The Bertz CT molecular complexity index is 318. The van der Waals surface area contributed by atoms with E-state index >= 15 is 0 Å². The van der Waals surface area contributed by atoms with Crippen LogP contribution in [0.15, 0.2) is 0 Å². The number of aliphatic hydroxyl groups is 1. The molecule has 1 saturated carbocycles. The van der Waals surface area contributed by atoms with Gasteiger partial charge in [0, 0.05) is 38.1 Å². The molecular formula is C15H29N3O2. The van der Waals surface area contributed by atoms with Gasteiger partial charge in [-0.1, -0.05) is 6.92 Å². The van der Waals surface area contributed by atoms with Crippen LogP contribution in [0.1, 0.15) is 39.5 Å². The van der Waals surface area contributed by atoms with Gasteiger partial charge in [-0.05, 0) is 39.2 Å². The highest BCUT2D eigenvalue weighted by Gasteiger charge is 2.28. The van der Waals surface area contributed by atoms with Gasteiger partial charge in [0.1, 0.15) is 0 Å². The fourth-order valence-electron chi connectivity index (χ4n) is 3.05. The van der Waals surface area contributed by atoms with E-state index in [9.17, 15) is 9.90 Å². The molecule has 20 heavy (non-hydrogen) atoms. The SMILES string of the molecule is CCN(CCNC(=O)N1CCCC(C(C)O)C1)C1CC1. The van der Waals surface area contributed by atoms with Crippen LogP contribution in [0.3, 0.4) is 0 Å². The Morgan fingerprint density at radius 1 is 1.45 bits per heavy atom. The number of likely N-dealkylation sites (N-methyl/N-ethyl adjacent to an activating group) is 1. The first-order valence-corrected chi connectivity index (χ1v) is 8.06. The molecule has 0 aromatic carbocycles. The number of hydrogen-bond acceptors (Lipinski definition) is 3. The molecule has 116 valence electrons. The fraction of sp³-hybridized carbons (Fsp3) is 0.933. The van der Waals surface area contributed by atoms with Gasteiger partial charge in [-0.25, -0.2) is 4.79 Å². The quantitative estimate of drug-likeness (QED) is 0.772. The lowest BCUT2D eigenvalue weighted by molar-refractivity contribution is 0.0738. The lowest BCUT2D eigenvalue weighted by Crippen LogP contribution is -2.48. The summed E-state index contributed by atoms with van der Waals surface area (Å²) in [6.07, 6.45) is 4.31. The van der Waals surface area contributed by atoms with Gasteiger partial charge in [0.2, 0.25) is 0 Å². The number of carbonyl (C=O) groups excluding carboxylic acids is 1. The maximum absolute atomic E-state index is 12.1. The van der Waals surface area contributed by atoms with Crippen molar-refractivity contribution in [3.8, 4) is 0 Å². The van der Waals surface area contributed by atoms with Gasteiger partial charge in [-0.2, -0.15) is 0 Å². The summed E-state index contributed by atoms with van der Waals surface area (Å²) in [7, 11) is 0. The first kappa shape index (κ1) is 15.6. The van der Waals surface area contributed by atoms with E-state index in [1.165, 1.54) is 12.8 Å². The molecule has 2 amide bonds. The number of hydrogen-bond donors (Lipinski definition) is 2. The molecule has 0 radical (unpaired) electrons. The number of rotatable bonds is 6. The maximum Gasteiger partial charge on any atom is 0.317 e. The van der Waals surface area contributed by atoms with E-state index < -0.39 is 0 Å². The van der Waals surface area contributed by atoms with Gasteiger partial charge in [-0.15, -0.1) is 0 Å². The number of urea groups is 1. The van der Waals surface area contributed by atoms with E-state index in [0.717, 1.165) is 45.1 Å². The average Bonchev–Trinajstić information content (AvgIpc) is 3.28. The largest absolute Gasteiger partial charge is 0.393 e. The van der Waals surface area contributed by atoms with Crippen LogP contribution in [-0.4, -0.2) is 65.8 Å². The topological polar surface area (TPSA) is 55.8 Å². The molecule has 0 aromatic heterocycles. The third-order valence-electron chi connectivity index (χ3n) is 4.57.